The van der Waals surface area contributed by atoms with E-state index in [0.29, 0.717) is 22.1 Å². The molecule has 4 rings (SSSR count). The number of anilines is 1. The molecular formula is C22H27ClN4O3S2. The molecule has 10 heteroatoms. The lowest BCUT2D eigenvalue weighted by molar-refractivity contribution is 0.0342. The average Bonchev–Trinajstić information content (AvgIpc) is 3.30. The summed E-state index contributed by atoms with van der Waals surface area (Å²) in [6, 6.07) is 9.00. The van der Waals surface area contributed by atoms with E-state index in [1.54, 1.807) is 61.2 Å². The monoisotopic (exact) mass is 494 g/mol. The molecule has 0 amide bonds. The number of nitrogens with zero attached hydrogens (tertiary/aromatic N) is 4. The van der Waals surface area contributed by atoms with Crippen molar-refractivity contribution in [1.82, 2.24) is 14.7 Å². The molecule has 0 atom stereocenters. The van der Waals surface area contributed by atoms with Gasteiger partial charge in [-0.3, -0.25) is 13.9 Å². The largest absolute Gasteiger partial charge is 0.379 e. The van der Waals surface area contributed by atoms with Crippen molar-refractivity contribution in [1.29, 1.82) is 0 Å². The van der Waals surface area contributed by atoms with E-state index < -0.39 is 10.0 Å². The highest BCUT2D eigenvalue weighted by atomic mass is 35.5. The van der Waals surface area contributed by atoms with Gasteiger partial charge in [0.05, 0.1) is 36.8 Å². The third-order valence-electron chi connectivity index (χ3n) is 5.62. The minimum absolute atomic E-state index is 0.242. The van der Waals surface area contributed by atoms with E-state index >= 15 is 0 Å². The Bertz CT molecular complexity index is 1180. The fourth-order valence-electron chi connectivity index (χ4n) is 3.91. The predicted octanol–water partition coefficient (Wildman–Crippen LogP) is 3.98. The van der Waals surface area contributed by atoms with Crippen LogP contribution in [0.25, 0.3) is 0 Å². The minimum atomic E-state index is -3.84. The van der Waals surface area contributed by atoms with Gasteiger partial charge in [0.15, 0.2) is 0 Å². The lowest BCUT2D eigenvalue weighted by Crippen LogP contribution is -2.35. The molecule has 1 aliphatic rings. The van der Waals surface area contributed by atoms with Crippen LogP contribution in [0.1, 0.15) is 21.8 Å². The molecule has 0 unspecified atom stereocenters. The molecule has 0 spiro atoms. The molecule has 3 aromatic rings. The number of aryl methyl sites for hydroxylation is 2. The fourth-order valence-corrected chi connectivity index (χ4v) is 6.84. The van der Waals surface area contributed by atoms with Crippen LogP contribution >= 0.6 is 22.9 Å². The van der Waals surface area contributed by atoms with Crippen LogP contribution in [-0.2, 0) is 34.9 Å². The van der Waals surface area contributed by atoms with E-state index in [1.807, 2.05) is 0 Å². The van der Waals surface area contributed by atoms with Gasteiger partial charge in [0.1, 0.15) is 4.90 Å². The van der Waals surface area contributed by atoms with Crippen LogP contribution in [-0.4, -0.2) is 49.4 Å². The maximum atomic E-state index is 13.8. The van der Waals surface area contributed by atoms with E-state index in [2.05, 4.69) is 21.4 Å². The van der Waals surface area contributed by atoms with E-state index in [4.69, 9.17) is 16.3 Å². The Morgan fingerprint density at radius 3 is 2.50 bits per heavy atom. The summed E-state index contributed by atoms with van der Waals surface area (Å²) in [6.45, 7) is 7.92. The number of rotatable bonds is 7. The molecule has 32 heavy (non-hydrogen) atoms. The third-order valence-corrected chi connectivity index (χ3v) is 8.87. The van der Waals surface area contributed by atoms with Crippen molar-refractivity contribution < 1.29 is 13.2 Å². The smallest absolute Gasteiger partial charge is 0.268 e. The van der Waals surface area contributed by atoms with Crippen molar-refractivity contribution >= 4 is 38.6 Å². The van der Waals surface area contributed by atoms with Gasteiger partial charge in [-0.05, 0) is 55.1 Å². The molecule has 3 heterocycles. The quantitative estimate of drug-likeness (QED) is 0.497. The number of halogens is 1. The Labute approximate surface area is 198 Å². The highest BCUT2D eigenvalue weighted by Gasteiger charge is 2.31. The van der Waals surface area contributed by atoms with Gasteiger partial charge in [0.2, 0.25) is 0 Å². The van der Waals surface area contributed by atoms with Crippen LogP contribution in [0.4, 0.5) is 5.69 Å². The first-order valence-corrected chi connectivity index (χ1v) is 13.1. The molecule has 1 fully saturated rings. The minimum Gasteiger partial charge on any atom is -0.379 e. The van der Waals surface area contributed by atoms with E-state index in [1.165, 1.54) is 9.87 Å². The summed E-state index contributed by atoms with van der Waals surface area (Å²) in [5, 5.41) is 6.99. The highest BCUT2D eigenvalue weighted by molar-refractivity contribution is 7.92. The fraction of sp³-hybridized carbons (Fsp3) is 0.409. The van der Waals surface area contributed by atoms with Crippen molar-refractivity contribution in [2.24, 2.45) is 7.05 Å². The molecule has 1 saturated heterocycles. The van der Waals surface area contributed by atoms with Crippen molar-refractivity contribution in [3.63, 3.8) is 0 Å². The molecule has 0 bridgehead atoms. The van der Waals surface area contributed by atoms with Crippen molar-refractivity contribution in [3.8, 4) is 0 Å². The summed E-state index contributed by atoms with van der Waals surface area (Å²) in [5.41, 5.74) is 2.86. The van der Waals surface area contributed by atoms with E-state index in [-0.39, 0.29) is 11.4 Å². The molecule has 7 nitrogen and oxygen atoms in total. The Morgan fingerprint density at radius 2 is 1.88 bits per heavy atom. The normalized spacial score (nSPS) is 15.2. The number of ether oxygens (including phenoxy) is 1. The summed E-state index contributed by atoms with van der Waals surface area (Å²) < 4.78 is 36.1. The van der Waals surface area contributed by atoms with Gasteiger partial charge in [-0.15, -0.1) is 11.3 Å². The average molecular weight is 495 g/mol. The topological polar surface area (TPSA) is 67.7 Å². The number of aromatic nitrogens is 2. The Hall–Kier alpha value is -1.91. The van der Waals surface area contributed by atoms with Gasteiger partial charge in [-0.2, -0.15) is 5.10 Å². The van der Waals surface area contributed by atoms with Gasteiger partial charge in [0.25, 0.3) is 10.0 Å². The maximum absolute atomic E-state index is 13.8. The summed E-state index contributed by atoms with van der Waals surface area (Å²) in [6.07, 6.45) is 0. The Kier molecular flexibility index (Phi) is 6.92. The molecule has 172 valence electrons. The van der Waals surface area contributed by atoms with Crippen molar-refractivity contribution in [2.45, 2.75) is 31.8 Å². The van der Waals surface area contributed by atoms with Crippen LogP contribution in [0, 0.1) is 13.8 Å². The number of hydrogen-bond donors (Lipinski definition) is 0. The van der Waals surface area contributed by atoms with Gasteiger partial charge >= 0.3 is 0 Å². The second-order valence-electron chi connectivity index (χ2n) is 7.92. The maximum Gasteiger partial charge on any atom is 0.268 e. The molecule has 1 aromatic carbocycles. The van der Waals surface area contributed by atoms with Crippen LogP contribution in [0.2, 0.25) is 5.02 Å². The lowest BCUT2D eigenvalue weighted by atomic mass is 10.2. The molecule has 2 aromatic heterocycles. The third kappa shape index (κ3) is 4.87. The van der Waals surface area contributed by atoms with Crippen LogP contribution in [0.5, 0.6) is 0 Å². The van der Waals surface area contributed by atoms with E-state index in [9.17, 15) is 8.42 Å². The molecule has 0 radical (unpaired) electrons. The summed E-state index contributed by atoms with van der Waals surface area (Å²) in [5.74, 6) is 0. The standard InChI is InChI=1S/C22H27ClN4O3S2/c1-16-22(17(2)25(3)24-16)32(28,29)27(20-6-4-19(23)5-7-20)14-21-12-18(15-31-21)13-26-8-10-30-11-9-26/h4-7,12,15H,8-11,13-14H2,1-3H3. The Morgan fingerprint density at radius 1 is 1.19 bits per heavy atom. The number of benzene rings is 1. The SMILES string of the molecule is Cc1nn(C)c(C)c1S(=O)(=O)N(Cc1cc(CN2CCOCC2)cs1)c1ccc(Cl)cc1. The zero-order valence-electron chi connectivity index (χ0n) is 18.4. The molecular weight excluding hydrogens is 468 g/mol. The zero-order valence-corrected chi connectivity index (χ0v) is 20.8. The van der Waals surface area contributed by atoms with Crippen molar-refractivity contribution in [3.05, 3.63) is 62.6 Å². The van der Waals surface area contributed by atoms with Crippen LogP contribution in [0.3, 0.4) is 0 Å². The van der Waals surface area contributed by atoms with Crippen LogP contribution in [0.15, 0.2) is 40.6 Å². The molecule has 0 saturated carbocycles. The number of sulfonamides is 1. The first-order valence-electron chi connectivity index (χ1n) is 10.4. The summed E-state index contributed by atoms with van der Waals surface area (Å²) in [7, 11) is -2.08. The van der Waals surface area contributed by atoms with Gasteiger partial charge in [-0.25, -0.2) is 8.42 Å². The van der Waals surface area contributed by atoms with Crippen molar-refractivity contribution in [2.75, 3.05) is 30.6 Å². The summed E-state index contributed by atoms with van der Waals surface area (Å²) in [4.78, 5) is 3.58. The summed E-state index contributed by atoms with van der Waals surface area (Å²) >= 11 is 7.64. The molecule has 0 aliphatic carbocycles. The predicted molar refractivity (Wildman–Crippen MR) is 128 cm³/mol. The zero-order chi connectivity index (χ0) is 22.9. The first-order chi connectivity index (χ1) is 15.3. The second-order valence-corrected chi connectivity index (χ2v) is 11.2. The number of morpholine rings is 1. The number of thiophene rings is 1. The number of hydrogen-bond acceptors (Lipinski definition) is 6. The van der Waals surface area contributed by atoms with Gasteiger partial charge in [0, 0.05) is 36.6 Å². The second kappa shape index (κ2) is 9.52. The molecule has 0 N–H and O–H groups in total. The van der Waals surface area contributed by atoms with Gasteiger partial charge < -0.3 is 4.74 Å². The lowest BCUT2D eigenvalue weighted by Gasteiger charge is -2.26. The van der Waals surface area contributed by atoms with Gasteiger partial charge in [-0.1, -0.05) is 11.6 Å². The van der Waals surface area contributed by atoms with Crippen LogP contribution < -0.4 is 4.31 Å². The molecule has 1 aliphatic heterocycles. The first kappa shape index (κ1) is 23.3. The highest BCUT2D eigenvalue weighted by Crippen LogP contribution is 2.31. The Balaban J connectivity index is 1.66. The van der Waals surface area contributed by atoms with E-state index in [0.717, 1.165) is 37.7 Å².